The maximum atomic E-state index is 13.6. The molecule has 1 saturated heterocycles. The van der Waals surface area contributed by atoms with Crippen LogP contribution in [-0.2, 0) is 0 Å². The van der Waals surface area contributed by atoms with E-state index in [2.05, 4.69) is 32.1 Å². The van der Waals surface area contributed by atoms with Crippen LogP contribution in [0.5, 0.6) is 0 Å². The van der Waals surface area contributed by atoms with E-state index < -0.39 is 0 Å². The zero-order chi connectivity index (χ0) is 13.0. The van der Waals surface area contributed by atoms with Gasteiger partial charge >= 0.3 is 0 Å². The average Bonchev–Trinajstić information content (AvgIpc) is 2.37. The van der Waals surface area contributed by atoms with Gasteiger partial charge in [-0.25, -0.2) is 4.39 Å². The Hall–Kier alpha value is -1.05. The van der Waals surface area contributed by atoms with Crippen LogP contribution in [0.3, 0.4) is 0 Å². The van der Waals surface area contributed by atoms with Crippen molar-refractivity contribution >= 4 is 21.6 Å². The summed E-state index contributed by atoms with van der Waals surface area (Å²) >= 11 is 3.35. The van der Waals surface area contributed by atoms with Crippen molar-refractivity contribution in [3.8, 4) is 12.3 Å². The minimum atomic E-state index is -0.204. The van der Waals surface area contributed by atoms with Gasteiger partial charge < -0.3 is 5.32 Å². The molecule has 0 bridgehead atoms. The number of anilines is 1. The Morgan fingerprint density at radius 2 is 2.17 bits per heavy atom. The van der Waals surface area contributed by atoms with Gasteiger partial charge in [-0.15, -0.1) is 6.42 Å². The van der Waals surface area contributed by atoms with Gasteiger partial charge in [0.2, 0.25) is 0 Å². The highest BCUT2D eigenvalue weighted by Crippen LogP contribution is 2.23. The average molecular weight is 311 g/mol. The van der Waals surface area contributed by atoms with Crippen molar-refractivity contribution in [2.75, 3.05) is 25.0 Å². The normalized spacial score (nSPS) is 17.4. The first kappa shape index (κ1) is 13.4. The highest BCUT2D eigenvalue weighted by molar-refractivity contribution is 9.10. The van der Waals surface area contributed by atoms with E-state index in [0.717, 1.165) is 30.4 Å². The minimum absolute atomic E-state index is 0.204. The highest BCUT2D eigenvalue weighted by atomic mass is 79.9. The molecule has 1 heterocycles. The summed E-state index contributed by atoms with van der Waals surface area (Å²) in [5.41, 5.74) is 0.569. The molecule has 96 valence electrons. The van der Waals surface area contributed by atoms with E-state index in [1.807, 2.05) is 0 Å². The van der Waals surface area contributed by atoms with Gasteiger partial charge in [0.15, 0.2) is 0 Å². The van der Waals surface area contributed by atoms with Crippen LogP contribution in [0, 0.1) is 18.2 Å². The van der Waals surface area contributed by atoms with E-state index in [4.69, 9.17) is 6.42 Å². The molecule has 1 aliphatic heterocycles. The van der Waals surface area contributed by atoms with Crippen molar-refractivity contribution in [1.29, 1.82) is 0 Å². The van der Waals surface area contributed by atoms with E-state index in [9.17, 15) is 4.39 Å². The number of piperidine rings is 1. The molecule has 0 saturated carbocycles. The first-order chi connectivity index (χ1) is 8.69. The second kappa shape index (κ2) is 6.21. The van der Waals surface area contributed by atoms with Gasteiger partial charge in [0.1, 0.15) is 5.82 Å². The summed E-state index contributed by atoms with van der Waals surface area (Å²) in [6.45, 7) is 2.65. The zero-order valence-corrected chi connectivity index (χ0v) is 11.7. The Kier molecular flexibility index (Phi) is 4.62. The number of hydrogen-bond acceptors (Lipinski definition) is 2. The van der Waals surface area contributed by atoms with Crippen LogP contribution in [0.25, 0.3) is 0 Å². The first-order valence-electron chi connectivity index (χ1n) is 6.06. The molecule has 18 heavy (non-hydrogen) atoms. The van der Waals surface area contributed by atoms with Gasteiger partial charge in [0.05, 0.1) is 12.2 Å². The molecule has 0 aromatic heterocycles. The van der Waals surface area contributed by atoms with Crippen LogP contribution in [0.1, 0.15) is 12.8 Å². The maximum Gasteiger partial charge on any atom is 0.146 e. The summed E-state index contributed by atoms with van der Waals surface area (Å²) in [4.78, 5) is 2.25. The number of nitrogens with zero attached hydrogens (tertiary/aromatic N) is 1. The first-order valence-corrected chi connectivity index (χ1v) is 6.86. The Balaban J connectivity index is 1.92. The summed E-state index contributed by atoms with van der Waals surface area (Å²) in [7, 11) is 0. The molecule has 0 radical (unpaired) electrons. The number of nitrogens with one attached hydrogen (secondary N) is 1. The molecule has 0 unspecified atom stereocenters. The summed E-state index contributed by atoms with van der Waals surface area (Å²) in [5.74, 6) is 2.45. The van der Waals surface area contributed by atoms with E-state index in [1.54, 1.807) is 12.1 Å². The van der Waals surface area contributed by atoms with Crippen molar-refractivity contribution < 1.29 is 4.39 Å². The summed E-state index contributed by atoms with van der Waals surface area (Å²) < 4.78 is 14.5. The van der Waals surface area contributed by atoms with Gasteiger partial charge in [-0.3, -0.25) is 4.90 Å². The fraction of sp³-hybridized carbons (Fsp3) is 0.429. The number of hydrogen-bond donors (Lipinski definition) is 1. The molecule has 1 fully saturated rings. The van der Waals surface area contributed by atoms with Gasteiger partial charge in [0.25, 0.3) is 0 Å². The Bertz CT molecular complexity index is 448. The monoisotopic (exact) mass is 310 g/mol. The van der Waals surface area contributed by atoms with Gasteiger partial charge in [0, 0.05) is 23.6 Å². The number of likely N-dealkylation sites (tertiary alicyclic amines) is 1. The molecular formula is C14H16BrFN2. The van der Waals surface area contributed by atoms with Crippen LogP contribution in [-0.4, -0.2) is 30.6 Å². The molecule has 2 nitrogen and oxygen atoms in total. The van der Waals surface area contributed by atoms with Crippen molar-refractivity contribution in [2.24, 2.45) is 0 Å². The van der Waals surface area contributed by atoms with Crippen LogP contribution < -0.4 is 5.32 Å². The van der Waals surface area contributed by atoms with Crippen molar-refractivity contribution in [1.82, 2.24) is 4.90 Å². The van der Waals surface area contributed by atoms with Crippen LogP contribution >= 0.6 is 15.9 Å². The lowest BCUT2D eigenvalue weighted by Crippen LogP contribution is -2.39. The zero-order valence-electron chi connectivity index (χ0n) is 10.1. The maximum absolute atomic E-state index is 13.6. The predicted octanol–water partition coefficient (Wildman–Crippen LogP) is 3.10. The lowest BCUT2D eigenvalue weighted by Gasteiger charge is -2.31. The molecule has 4 heteroatoms. The lowest BCUT2D eigenvalue weighted by atomic mass is 10.0. The van der Waals surface area contributed by atoms with Crippen molar-refractivity contribution in [3.63, 3.8) is 0 Å². The second-order valence-corrected chi connectivity index (χ2v) is 5.44. The van der Waals surface area contributed by atoms with Crippen molar-refractivity contribution in [2.45, 2.75) is 18.9 Å². The third kappa shape index (κ3) is 3.47. The predicted molar refractivity (Wildman–Crippen MR) is 76.0 cm³/mol. The Morgan fingerprint density at radius 3 is 2.83 bits per heavy atom. The minimum Gasteiger partial charge on any atom is -0.380 e. The summed E-state index contributed by atoms with van der Waals surface area (Å²) in [6.07, 6.45) is 7.28. The molecule has 0 atom stereocenters. The fourth-order valence-electron chi connectivity index (χ4n) is 2.19. The summed E-state index contributed by atoms with van der Waals surface area (Å²) in [5, 5.41) is 3.27. The molecule has 0 amide bonds. The fourth-order valence-corrected chi connectivity index (χ4v) is 2.55. The Labute approximate surface area is 116 Å². The lowest BCUT2D eigenvalue weighted by molar-refractivity contribution is 0.243. The number of benzene rings is 1. The second-order valence-electron chi connectivity index (χ2n) is 4.52. The number of halogens is 2. The van der Waals surface area contributed by atoms with Crippen LogP contribution in [0.15, 0.2) is 22.7 Å². The molecule has 2 rings (SSSR count). The molecule has 1 aromatic carbocycles. The molecule has 1 aliphatic rings. The third-order valence-electron chi connectivity index (χ3n) is 3.19. The topological polar surface area (TPSA) is 15.3 Å². The smallest absolute Gasteiger partial charge is 0.146 e. The van der Waals surface area contributed by atoms with E-state index in [1.165, 1.54) is 6.07 Å². The van der Waals surface area contributed by atoms with E-state index >= 15 is 0 Å². The largest absolute Gasteiger partial charge is 0.380 e. The molecule has 1 aromatic rings. The third-order valence-corrected chi connectivity index (χ3v) is 3.68. The van der Waals surface area contributed by atoms with Gasteiger partial charge in [-0.1, -0.05) is 21.9 Å². The Morgan fingerprint density at radius 1 is 1.44 bits per heavy atom. The van der Waals surface area contributed by atoms with Gasteiger partial charge in [-0.05, 0) is 31.0 Å². The highest BCUT2D eigenvalue weighted by Gasteiger charge is 2.19. The number of terminal acetylenes is 1. The molecule has 0 spiro atoms. The van der Waals surface area contributed by atoms with E-state index in [-0.39, 0.29) is 5.82 Å². The van der Waals surface area contributed by atoms with Gasteiger partial charge in [-0.2, -0.15) is 0 Å². The standard InChI is InChI=1S/C14H16BrFN2/c1-2-7-18-8-5-12(6-9-18)17-14-10-11(15)3-4-13(14)16/h1,3-4,10,12,17H,5-9H2. The van der Waals surface area contributed by atoms with Crippen molar-refractivity contribution in [3.05, 3.63) is 28.5 Å². The van der Waals surface area contributed by atoms with Crippen LogP contribution in [0.4, 0.5) is 10.1 Å². The molecular weight excluding hydrogens is 295 g/mol. The summed E-state index contributed by atoms with van der Waals surface area (Å²) in [6, 6.07) is 5.28. The SMILES string of the molecule is C#CCN1CCC(Nc2cc(Br)ccc2F)CC1. The quantitative estimate of drug-likeness (QED) is 0.863. The number of rotatable bonds is 3. The van der Waals surface area contributed by atoms with E-state index in [0.29, 0.717) is 18.3 Å². The molecule has 0 aliphatic carbocycles. The molecule has 1 N–H and O–H groups in total. The van der Waals surface area contributed by atoms with Crippen LogP contribution in [0.2, 0.25) is 0 Å².